The average molecular weight is 305 g/mol. The van der Waals surface area contributed by atoms with Crippen molar-refractivity contribution in [3.8, 4) is 0 Å². The Balaban J connectivity index is 2.53. The van der Waals surface area contributed by atoms with E-state index in [0.29, 0.717) is 22.0 Å². The molecule has 4 nitrogen and oxygen atoms in total. The number of benzene rings is 2. The van der Waals surface area contributed by atoms with Gasteiger partial charge in [0.2, 0.25) is 0 Å². The maximum absolute atomic E-state index is 11.9. The van der Waals surface area contributed by atoms with E-state index in [2.05, 4.69) is 5.32 Å². The third kappa shape index (κ3) is 3.11. The fourth-order valence-corrected chi connectivity index (χ4v) is 2.32. The van der Waals surface area contributed by atoms with Crippen LogP contribution in [0.3, 0.4) is 0 Å². The first kappa shape index (κ1) is 15.2. The Labute approximate surface area is 128 Å². The average Bonchev–Trinajstić information content (AvgIpc) is 2.45. The number of hydrogen-bond donors (Lipinski definition) is 2. The summed E-state index contributed by atoms with van der Waals surface area (Å²) < 4.78 is 4.79. The molecular weight excluding hydrogens is 288 g/mol. The van der Waals surface area contributed by atoms with Crippen molar-refractivity contribution in [3.63, 3.8) is 0 Å². The van der Waals surface area contributed by atoms with Crippen LogP contribution in [-0.2, 0) is 4.74 Å². The molecule has 110 valence electrons. The van der Waals surface area contributed by atoms with Gasteiger partial charge in [-0.2, -0.15) is 0 Å². The molecule has 0 bridgehead atoms. The number of carbonyl (C=O) groups excluding carboxylic acids is 1. The molecule has 0 atom stereocenters. The third-order valence-electron chi connectivity index (χ3n) is 3.38. The van der Waals surface area contributed by atoms with Gasteiger partial charge in [-0.05, 0) is 43.2 Å². The van der Waals surface area contributed by atoms with Crippen molar-refractivity contribution in [2.24, 2.45) is 0 Å². The lowest BCUT2D eigenvalue weighted by atomic mass is 10.1. The first-order valence-electron chi connectivity index (χ1n) is 6.44. The van der Waals surface area contributed by atoms with E-state index in [1.165, 1.54) is 7.11 Å². The summed E-state index contributed by atoms with van der Waals surface area (Å²) in [7, 11) is 1.32. The van der Waals surface area contributed by atoms with Crippen molar-refractivity contribution in [2.45, 2.75) is 13.8 Å². The Morgan fingerprint density at radius 2 is 2.00 bits per heavy atom. The number of aryl methyl sites for hydroxylation is 1. The molecule has 0 unspecified atom stereocenters. The molecule has 21 heavy (non-hydrogen) atoms. The topological polar surface area (TPSA) is 64.3 Å². The number of anilines is 3. The van der Waals surface area contributed by atoms with Crippen LogP contribution in [0.5, 0.6) is 0 Å². The minimum Gasteiger partial charge on any atom is -0.465 e. The number of ether oxygens (including phenoxy) is 1. The second-order valence-corrected chi connectivity index (χ2v) is 5.20. The van der Waals surface area contributed by atoms with E-state index in [0.717, 1.165) is 16.8 Å². The monoisotopic (exact) mass is 304 g/mol. The van der Waals surface area contributed by atoms with E-state index in [4.69, 9.17) is 22.1 Å². The van der Waals surface area contributed by atoms with Gasteiger partial charge in [0, 0.05) is 11.4 Å². The third-order valence-corrected chi connectivity index (χ3v) is 3.68. The molecule has 0 spiro atoms. The molecule has 3 N–H and O–H groups in total. The number of methoxy groups -OCH3 is 1. The lowest BCUT2D eigenvalue weighted by Gasteiger charge is -2.16. The number of nitrogens with one attached hydrogen (secondary N) is 1. The second-order valence-electron chi connectivity index (χ2n) is 4.79. The van der Waals surface area contributed by atoms with Crippen molar-refractivity contribution >= 4 is 34.6 Å². The van der Waals surface area contributed by atoms with Gasteiger partial charge in [0.1, 0.15) is 0 Å². The van der Waals surface area contributed by atoms with Gasteiger partial charge in [0.25, 0.3) is 0 Å². The summed E-state index contributed by atoms with van der Waals surface area (Å²) in [5.74, 6) is -0.489. The standard InChI is InChI=1S/C16H17ClN2O2/c1-9-5-4-6-14(10(9)2)19-15-12(16(20)21-3)7-11(18)8-13(15)17/h4-8,19H,18H2,1-3H3. The molecule has 2 rings (SSSR count). The zero-order valence-electron chi connectivity index (χ0n) is 12.2. The SMILES string of the molecule is COC(=O)c1cc(N)cc(Cl)c1Nc1cccc(C)c1C. The molecule has 2 aromatic rings. The highest BCUT2D eigenvalue weighted by atomic mass is 35.5. The minimum atomic E-state index is -0.489. The van der Waals surface area contributed by atoms with Crippen LogP contribution in [0.2, 0.25) is 5.02 Å². The molecule has 0 fully saturated rings. The van der Waals surface area contributed by atoms with Crippen LogP contribution in [-0.4, -0.2) is 13.1 Å². The van der Waals surface area contributed by atoms with Crippen LogP contribution in [0.25, 0.3) is 0 Å². The molecule has 0 amide bonds. The van der Waals surface area contributed by atoms with Gasteiger partial charge < -0.3 is 15.8 Å². The van der Waals surface area contributed by atoms with E-state index < -0.39 is 5.97 Å². The Hall–Kier alpha value is -2.20. The molecule has 0 radical (unpaired) electrons. The molecule has 2 aromatic carbocycles. The summed E-state index contributed by atoms with van der Waals surface area (Å²) in [5.41, 5.74) is 10.1. The highest BCUT2D eigenvalue weighted by molar-refractivity contribution is 6.34. The molecule has 0 saturated carbocycles. The Bertz CT molecular complexity index is 699. The fourth-order valence-electron chi connectivity index (χ4n) is 2.05. The van der Waals surface area contributed by atoms with Crippen molar-refractivity contribution in [2.75, 3.05) is 18.2 Å². The zero-order valence-corrected chi connectivity index (χ0v) is 12.9. The predicted molar refractivity (Wildman–Crippen MR) is 86.4 cm³/mol. The maximum atomic E-state index is 11.9. The zero-order chi connectivity index (χ0) is 15.6. The normalized spacial score (nSPS) is 10.3. The fraction of sp³-hybridized carbons (Fsp3) is 0.188. The molecular formula is C16H17ClN2O2. The number of hydrogen-bond acceptors (Lipinski definition) is 4. The largest absolute Gasteiger partial charge is 0.465 e. The Morgan fingerprint density at radius 3 is 2.67 bits per heavy atom. The number of esters is 1. The van der Waals surface area contributed by atoms with Crippen LogP contribution >= 0.6 is 11.6 Å². The Morgan fingerprint density at radius 1 is 1.29 bits per heavy atom. The van der Waals surface area contributed by atoms with Crippen molar-refractivity contribution in [3.05, 3.63) is 52.0 Å². The Kier molecular flexibility index (Phi) is 4.38. The number of carbonyl (C=O) groups is 1. The van der Waals surface area contributed by atoms with Gasteiger partial charge in [-0.15, -0.1) is 0 Å². The molecule has 0 aliphatic rings. The van der Waals surface area contributed by atoms with Gasteiger partial charge in [-0.1, -0.05) is 23.7 Å². The van der Waals surface area contributed by atoms with Gasteiger partial charge in [-0.25, -0.2) is 4.79 Å². The first-order valence-corrected chi connectivity index (χ1v) is 6.82. The van der Waals surface area contributed by atoms with Crippen LogP contribution in [0, 0.1) is 13.8 Å². The van der Waals surface area contributed by atoms with Crippen LogP contribution in [0.4, 0.5) is 17.1 Å². The quantitative estimate of drug-likeness (QED) is 0.663. The number of rotatable bonds is 3. The van der Waals surface area contributed by atoms with E-state index in [9.17, 15) is 4.79 Å². The molecule has 0 saturated heterocycles. The van der Waals surface area contributed by atoms with Crippen molar-refractivity contribution in [1.82, 2.24) is 0 Å². The molecule has 0 heterocycles. The van der Waals surface area contributed by atoms with Gasteiger partial charge in [0.15, 0.2) is 0 Å². The van der Waals surface area contributed by atoms with Gasteiger partial charge in [0.05, 0.1) is 23.4 Å². The summed E-state index contributed by atoms with van der Waals surface area (Å²) in [5, 5.41) is 3.58. The second kappa shape index (κ2) is 6.06. The van der Waals surface area contributed by atoms with E-state index in [1.54, 1.807) is 12.1 Å². The van der Waals surface area contributed by atoms with Gasteiger partial charge >= 0.3 is 5.97 Å². The van der Waals surface area contributed by atoms with Crippen molar-refractivity contribution < 1.29 is 9.53 Å². The molecule has 0 aliphatic heterocycles. The summed E-state index contributed by atoms with van der Waals surface area (Å²) in [6.45, 7) is 4.02. The van der Waals surface area contributed by atoms with Crippen LogP contribution < -0.4 is 11.1 Å². The highest BCUT2D eigenvalue weighted by Crippen LogP contribution is 2.33. The number of nitrogen functional groups attached to an aromatic ring is 1. The van der Waals surface area contributed by atoms with Crippen LogP contribution in [0.15, 0.2) is 30.3 Å². The van der Waals surface area contributed by atoms with E-state index in [1.807, 2.05) is 32.0 Å². The summed E-state index contributed by atoms with van der Waals surface area (Å²) >= 11 is 6.23. The summed E-state index contributed by atoms with van der Waals surface area (Å²) in [4.78, 5) is 11.9. The highest BCUT2D eigenvalue weighted by Gasteiger charge is 2.17. The number of nitrogens with two attached hydrogens (primary N) is 1. The van der Waals surface area contributed by atoms with E-state index >= 15 is 0 Å². The lowest BCUT2D eigenvalue weighted by molar-refractivity contribution is 0.0602. The maximum Gasteiger partial charge on any atom is 0.340 e. The first-order chi connectivity index (χ1) is 9.93. The number of halogens is 1. The smallest absolute Gasteiger partial charge is 0.340 e. The van der Waals surface area contributed by atoms with Gasteiger partial charge in [-0.3, -0.25) is 0 Å². The van der Waals surface area contributed by atoms with Crippen molar-refractivity contribution in [1.29, 1.82) is 0 Å². The molecule has 0 aromatic heterocycles. The molecule has 0 aliphatic carbocycles. The summed E-state index contributed by atoms with van der Waals surface area (Å²) in [6, 6.07) is 9.03. The minimum absolute atomic E-state index is 0.309. The lowest BCUT2D eigenvalue weighted by Crippen LogP contribution is -2.08. The van der Waals surface area contributed by atoms with Crippen LogP contribution in [0.1, 0.15) is 21.5 Å². The predicted octanol–water partition coefficient (Wildman–Crippen LogP) is 4.07. The summed E-state index contributed by atoms with van der Waals surface area (Å²) in [6.07, 6.45) is 0. The molecule has 5 heteroatoms. The van der Waals surface area contributed by atoms with E-state index in [-0.39, 0.29) is 0 Å².